The van der Waals surface area contributed by atoms with Gasteiger partial charge in [0.2, 0.25) is 0 Å². The molecule has 0 spiro atoms. The standard InChI is InChI=1S/C27H34N4O5S/c32-26(29-24-9-1-2-16-36-24)28-15-14-18-10-12-21(13-11-18)37(34,35)31-27(33)30-25-22-7-3-5-19(22)17-20-6-4-8-23(20)25/h10-13,17,24H,1-9,14-16H2,(H2,28,29,32)(H2,30,31,33). The summed E-state index contributed by atoms with van der Waals surface area (Å²) in [5, 5.41) is 8.46. The molecule has 37 heavy (non-hydrogen) atoms. The Bertz CT molecular complexity index is 1240. The molecule has 0 aromatic heterocycles. The Kier molecular flexibility index (Phi) is 7.66. The zero-order valence-electron chi connectivity index (χ0n) is 20.9. The first-order valence-electron chi connectivity index (χ1n) is 13.1. The summed E-state index contributed by atoms with van der Waals surface area (Å²) in [4.78, 5) is 24.8. The van der Waals surface area contributed by atoms with Gasteiger partial charge in [-0.25, -0.2) is 22.7 Å². The van der Waals surface area contributed by atoms with E-state index in [4.69, 9.17) is 4.74 Å². The van der Waals surface area contributed by atoms with Crippen LogP contribution in [0.15, 0.2) is 35.2 Å². The molecular weight excluding hydrogens is 492 g/mol. The normalized spacial score (nSPS) is 18.5. The number of benzene rings is 2. The topological polar surface area (TPSA) is 126 Å². The SMILES string of the molecule is O=C(NCCc1ccc(S(=O)(=O)NC(=O)Nc2c3c(cc4c2CCC4)CCC3)cc1)NC1CCCCO1. The van der Waals surface area contributed by atoms with Gasteiger partial charge in [-0.1, -0.05) is 18.2 Å². The molecule has 0 saturated carbocycles. The van der Waals surface area contributed by atoms with Gasteiger partial charge in [0.25, 0.3) is 10.0 Å². The van der Waals surface area contributed by atoms with Gasteiger partial charge in [-0.15, -0.1) is 0 Å². The smallest absolute Gasteiger partial charge is 0.333 e. The van der Waals surface area contributed by atoms with Crippen molar-refractivity contribution in [1.29, 1.82) is 0 Å². The number of anilines is 1. The molecule has 2 aromatic rings. The summed E-state index contributed by atoms with van der Waals surface area (Å²) >= 11 is 0. The Hall–Kier alpha value is -3.11. The van der Waals surface area contributed by atoms with E-state index in [0.717, 1.165) is 80.2 Å². The van der Waals surface area contributed by atoms with E-state index in [1.54, 1.807) is 12.1 Å². The van der Waals surface area contributed by atoms with E-state index >= 15 is 0 Å². The summed E-state index contributed by atoms with van der Waals surface area (Å²) in [6.07, 6.45) is 9.05. The maximum absolute atomic E-state index is 12.9. The van der Waals surface area contributed by atoms with Crippen LogP contribution in [0.5, 0.6) is 0 Å². The molecule has 4 N–H and O–H groups in total. The zero-order chi connectivity index (χ0) is 25.8. The highest BCUT2D eigenvalue weighted by Crippen LogP contribution is 2.38. The lowest BCUT2D eigenvalue weighted by atomic mass is 9.99. The molecule has 1 unspecified atom stereocenters. The van der Waals surface area contributed by atoms with Crippen molar-refractivity contribution < 1.29 is 22.7 Å². The van der Waals surface area contributed by atoms with Gasteiger partial charge in [0.1, 0.15) is 6.23 Å². The number of fused-ring (bicyclic) bond motifs is 2. The molecule has 3 aliphatic rings. The summed E-state index contributed by atoms with van der Waals surface area (Å²) in [5.74, 6) is 0. The van der Waals surface area contributed by atoms with Gasteiger partial charge < -0.3 is 20.7 Å². The lowest BCUT2D eigenvalue weighted by molar-refractivity contribution is 0.00237. The largest absolute Gasteiger partial charge is 0.358 e. The van der Waals surface area contributed by atoms with E-state index in [-0.39, 0.29) is 17.2 Å². The first kappa shape index (κ1) is 25.5. The van der Waals surface area contributed by atoms with Crippen molar-refractivity contribution in [1.82, 2.24) is 15.4 Å². The number of nitrogens with one attached hydrogen (secondary N) is 4. The van der Waals surface area contributed by atoms with Gasteiger partial charge in [-0.2, -0.15) is 0 Å². The molecule has 1 fully saturated rings. The van der Waals surface area contributed by atoms with Crippen LogP contribution in [0.2, 0.25) is 0 Å². The molecule has 0 bridgehead atoms. The summed E-state index contributed by atoms with van der Waals surface area (Å²) in [7, 11) is -4.03. The van der Waals surface area contributed by atoms with Gasteiger partial charge in [-0.3, -0.25) is 0 Å². The minimum absolute atomic E-state index is 0.00932. The van der Waals surface area contributed by atoms with Crippen molar-refractivity contribution in [2.75, 3.05) is 18.5 Å². The van der Waals surface area contributed by atoms with Crippen molar-refractivity contribution in [3.63, 3.8) is 0 Å². The number of carbonyl (C=O) groups excluding carboxylic acids is 2. The number of carbonyl (C=O) groups is 2. The first-order valence-corrected chi connectivity index (χ1v) is 14.6. The van der Waals surface area contributed by atoms with Crippen LogP contribution >= 0.6 is 0 Å². The molecular formula is C27H34N4O5S. The lowest BCUT2D eigenvalue weighted by Crippen LogP contribution is -2.45. The van der Waals surface area contributed by atoms with Crippen molar-refractivity contribution in [2.45, 2.75) is 75.3 Å². The second kappa shape index (κ2) is 11.1. The predicted octanol–water partition coefficient (Wildman–Crippen LogP) is 3.54. The zero-order valence-corrected chi connectivity index (χ0v) is 21.7. The molecule has 5 rings (SSSR count). The molecule has 9 nitrogen and oxygen atoms in total. The van der Waals surface area contributed by atoms with Gasteiger partial charge in [0.15, 0.2) is 0 Å². The van der Waals surface area contributed by atoms with Gasteiger partial charge in [0.05, 0.1) is 4.90 Å². The molecule has 2 aliphatic carbocycles. The fourth-order valence-corrected chi connectivity index (χ4v) is 6.40. The van der Waals surface area contributed by atoms with Crippen molar-refractivity contribution in [2.24, 2.45) is 0 Å². The third-order valence-corrected chi connectivity index (χ3v) is 8.69. The highest BCUT2D eigenvalue weighted by Gasteiger charge is 2.26. The molecule has 4 amide bonds. The van der Waals surface area contributed by atoms with Crippen molar-refractivity contribution >= 4 is 27.8 Å². The number of amides is 4. The van der Waals surface area contributed by atoms with E-state index in [0.29, 0.717) is 19.6 Å². The van der Waals surface area contributed by atoms with Crippen LogP contribution < -0.4 is 20.7 Å². The monoisotopic (exact) mass is 526 g/mol. The molecule has 2 aromatic carbocycles. The van der Waals surface area contributed by atoms with Crippen LogP contribution in [-0.2, 0) is 46.9 Å². The average Bonchev–Trinajstić information content (AvgIpc) is 3.54. The molecule has 10 heteroatoms. The van der Waals surface area contributed by atoms with Crippen LogP contribution in [0.4, 0.5) is 15.3 Å². The molecule has 1 heterocycles. The van der Waals surface area contributed by atoms with E-state index < -0.39 is 16.1 Å². The highest BCUT2D eigenvalue weighted by molar-refractivity contribution is 7.90. The molecule has 198 valence electrons. The Morgan fingerprint density at radius 1 is 0.892 bits per heavy atom. The minimum Gasteiger partial charge on any atom is -0.358 e. The number of urea groups is 2. The van der Waals surface area contributed by atoms with E-state index in [2.05, 4.69) is 26.7 Å². The maximum atomic E-state index is 12.9. The fraction of sp³-hybridized carbons (Fsp3) is 0.481. The summed E-state index contributed by atoms with van der Waals surface area (Å²) in [6, 6.07) is 7.56. The van der Waals surface area contributed by atoms with Crippen LogP contribution in [0.3, 0.4) is 0 Å². The fourth-order valence-electron chi connectivity index (χ4n) is 5.49. The Morgan fingerprint density at radius 2 is 1.59 bits per heavy atom. The number of ether oxygens (including phenoxy) is 1. The van der Waals surface area contributed by atoms with Crippen LogP contribution in [-0.4, -0.2) is 39.9 Å². The molecule has 1 saturated heterocycles. The second-order valence-electron chi connectivity index (χ2n) is 9.94. The lowest BCUT2D eigenvalue weighted by Gasteiger charge is -2.23. The number of rotatable bonds is 7. The minimum atomic E-state index is -4.03. The highest BCUT2D eigenvalue weighted by atomic mass is 32.2. The molecule has 1 atom stereocenters. The Labute approximate surface area is 217 Å². The van der Waals surface area contributed by atoms with E-state index in [1.165, 1.54) is 23.3 Å². The summed E-state index contributed by atoms with van der Waals surface area (Å²) in [5.41, 5.74) is 6.50. The summed E-state index contributed by atoms with van der Waals surface area (Å²) < 4.78 is 33.4. The number of sulfonamides is 1. The Balaban J connectivity index is 1.14. The van der Waals surface area contributed by atoms with Crippen molar-refractivity contribution in [3.8, 4) is 0 Å². The maximum Gasteiger partial charge on any atom is 0.333 e. The van der Waals surface area contributed by atoms with E-state index in [9.17, 15) is 18.0 Å². The van der Waals surface area contributed by atoms with Crippen molar-refractivity contribution in [3.05, 3.63) is 58.1 Å². The predicted molar refractivity (Wildman–Crippen MR) is 140 cm³/mol. The third-order valence-electron chi connectivity index (χ3n) is 7.34. The summed E-state index contributed by atoms with van der Waals surface area (Å²) in [6.45, 7) is 1.06. The van der Waals surface area contributed by atoms with Crippen LogP contribution in [0, 0.1) is 0 Å². The van der Waals surface area contributed by atoms with Gasteiger partial charge in [-0.05, 0) is 104 Å². The number of aryl methyl sites for hydroxylation is 2. The Morgan fingerprint density at radius 3 is 2.24 bits per heavy atom. The third kappa shape index (κ3) is 6.07. The number of hydrogen-bond acceptors (Lipinski definition) is 5. The van der Waals surface area contributed by atoms with Gasteiger partial charge in [0, 0.05) is 18.8 Å². The quantitative estimate of drug-likeness (QED) is 0.439. The van der Waals surface area contributed by atoms with Crippen LogP contribution in [0.1, 0.15) is 59.9 Å². The number of hydrogen-bond donors (Lipinski definition) is 4. The average molecular weight is 527 g/mol. The van der Waals surface area contributed by atoms with Gasteiger partial charge >= 0.3 is 12.1 Å². The van der Waals surface area contributed by atoms with E-state index in [1.807, 2.05) is 0 Å². The molecule has 0 radical (unpaired) electrons. The second-order valence-corrected chi connectivity index (χ2v) is 11.6. The molecule has 1 aliphatic heterocycles. The first-order chi connectivity index (χ1) is 17.9. The van der Waals surface area contributed by atoms with Crippen LogP contribution in [0.25, 0.3) is 0 Å².